The van der Waals surface area contributed by atoms with Gasteiger partial charge in [-0.1, -0.05) is 16.3 Å². The number of fused-ring (bicyclic) bond motifs is 1. The minimum Gasteiger partial charge on any atom is -0.352 e. The second-order valence-electron chi connectivity index (χ2n) is 4.55. The number of hydrogen-bond acceptors (Lipinski definition) is 2. The van der Waals surface area contributed by atoms with E-state index in [1.165, 1.54) is 6.07 Å². The Hall–Kier alpha value is -1.05. The first-order valence-corrected chi connectivity index (χ1v) is 7.80. The second kappa shape index (κ2) is 3.97. The first-order chi connectivity index (χ1) is 8.48. The fourth-order valence-electron chi connectivity index (χ4n) is 2.55. The molecule has 3 rings (SSSR count). The number of nitrogens with one attached hydrogen (secondary N) is 1. The molecule has 2 aliphatic heterocycles. The Kier molecular flexibility index (Phi) is 2.65. The van der Waals surface area contributed by atoms with E-state index in [9.17, 15) is 13.2 Å². The Balaban J connectivity index is 2.00. The van der Waals surface area contributed by atoms with Gasteiger partial charge in [0.15, 0.2) is 16.6 Å². The van der Waals surface area contributed by atoms with Gasteiger partial charge in [0.25, 0.3) is 0 Å². The largest absolute Gasteiger partial charge is 0.352 e. The predicted octanol–water partition coefficient (Wildman–Crippen LogP) is 1.24. The van der Waals surface area contributed by atoms with Crippen molar-refractivity contribution in [2.24, 2.45) is 0 Å². The number of para-hydroxylation sites is 1. The molecule has 0 aliphatic carbocycles. The van der Waals surface area contributed by atoms with Crippen molar-refractivity contribution in [2.45, 2.75) is 12.1 Å². The van der Waals surface area contributed by atoms with Gasteiger partial charge >= 0.3 is 0 Å². The molecule has 0 bridgehead atoms. The Morgan fingerprint density at radius 3 is 2.89 bits per heavy atom. The van der Waals surface area contributed by atoms with Crippen molar-refractivity contribution in [1.82, 2.24) is 5.32 Å². The Morgan fingerprint density at radius 1 is 1.44 bits per heavy atom. The van der Waals surface area contributed by atoms with E-state index in [4.69, 9.17) is 12.2 Å². The maximum atomic E-state index is 13.8. The van der Waals surface area contributed by atoms with Crippen molar-refractivity contribution in [1.29, 1.82) is 0 Å². The van der Waals surface area contributed by atoms with Gasteiger partial charge in [0.05, 0.1) is 5.69 Å². The number of benzene rings is 1. The van der Waals surface area contributed by atoms with Gasteiger partial charge in [-0.05, 0) is 24.4 Å². The van der Waals surface area contributed by atoms with Crippen LogP contribution in [0.25, 0.3) is 0 Å². The molecule has 2 aliphatic rings. The zero-order chi connectivity index (χ0) is 12.9. The van der Waals surface area contributed by atoms with E-state index in [2.05, 4.69) is 5.32 Å². The van der Waals surface area contributed by atoms with E-state index in [-0.39, 0.29) is 29.4 Å². The van der Waals surface area contributed by atoms with E-state index >= 15 is 0 Å². The molecule has 2 fully saturated rings. The van der Waals surface area contributed by atoms with Crippen molar-refractivity contribution < 1.29 is 13.2 Å². The lowest BCUT2D eigenvalue weighted by Crippen LogP contribution is -2.38. The van der Waals surface area contributed by atoms with Crippen LogP contribution in [0.5, 0.6) is 0 Å². The zero-order valence-corrected chi connectivity index (χ0v) is 11.0. The van der Waals surface area contributed by atoms with Crippen molar-refractivity contribution in [3.8, 4) is 0 Å². The summed E-state index contributed by atoms with van der Waals surface area (Å²) in [6, 6.07) is 5.90. The SMILES string of the molecule is O=[S+]1(O)C[C@@H]2NC(=S)N(c3ccccc3F)[C@@H]2C1. The van der Waals surface area contributed by atoms with Gasteiger partial charge in [-0.15, -0.1) is 0 Å². The molecular weight excluding hydrogens is 275 g/mol. The summed E-state index contributed by atoms with van der Waals surface area (Å²) in [5.41, 5.74) is 0.361. The molecular formula is C11H12FN2O2S2+. The maximum Gasteiger partial charge on any atom is 0.218 e. The second-order valence-corrected chi connectivity index (χ2v) is 7.15. The molecule has 1 aromatic carbocycles. The van der Waals surface area contributed by atoms with Crippen LogP contribution in [-0.2, 0) is 14.4 Å². The molecule has 2 heterocycles. The number of thiocarbonyl (C=S) groups is 1. The van der Waals surface area contributed by atoms with Gasteiger partial charge in [0.2, 0.25) is 10.2 Å². The van der Waals surface area contributed by atoms with Gasteiger partial charge < -0.3 is 10.2 Å². The highest BCUT2D eigenvalue weighted by Gasteiger charge is 2.54. The molecule has 3 atom stereocenters. The Bertz CT molecular complexity index is 566. The van der Waals surface area contributed by atoms with Gasteiger partial charge in [0.1, 0.15) is 17.9 Å². The summed E-state index contributed by atoms with van der Waals surface area (Å²) >= 11 is 5.19. The Morgan fingerprint density at radius 2 is 2.17 bits per heavy atom. The van der Waals surface area contributed by atoms with Gasteiger partial charge in [-0.2, -0.15) is 4.55 Å². The zero-order valence-electron chi connectivity index (χ0n) is 9.38. The molecule has 7 heteroatoms. The number of nitrogens with zero attached hydrogens (tertiary/aromatic N) is 1. The third-order valence-electron chi connectivity index (χ3n) is 3.31. The van der Waals surface area contributed by atoms with E-state index in [1.54, 1.807) is 23.1 Å². The minimum atomic E-state index is -2.82. The number of anilines is 1. The van der Waals surface area contributed by atoms with Crippen LogP contribution in [0.2, 0.25) is 0 Å². The lowest BCUT2D eigenvalue weighted by molar-refractivity contribution is 0.502. The summed E-state index contributed by atoms with van der Waals surface area (Å²) < 4.78 is 35.2. The van der Waals surface area contributed by atoms with Crippen LogP contribution in [0.1, 0.15) is 0 Å². The monoisotopic (exact) mass is 287 g/mol. The molecule has 2 saturated heterocycles. The highest BCUT2D eigenvalue weighted by atomic mass is 32.3. The molecule has 0 saturated carbocycles. The van der Waals surface area contributed by atoms with Crippen LogP contribution in [0.4, 0.5) is 10.1 Å². The summed E-state index contributed by atoms with van der Waals surface area (Å²) in [5.74, 6) is -0.0827. The van der Waals surface area contributed by atoms with Gasteiger partial charge in [0, 0.05) is 0 Å². The highest BCUT2D eigenvalue weighted by molar-refractivity contribution is 7.98. The molecule has 0 aromatic heterocycles. The van der Waals surface area contributed by atoms with Crippen LogP contribution in [0.3, 0.4) is 0 Å². The first-order valence-electron chi connectivity index (χ1n) is 5.54. The third-order valence-corrected chi connectivity index (χ3v) is 5.36. The number of rotatable bonds is 1. The maximum absolute atomic E-state index is 13.8. The number of halogens is 1. The summed E-state index contributed by atoms with van der Waals surface area (Å²) in [6.45, 7) is 0. The molecule has 1 unspecified atom stereocenters. The average Bonchev–Trinajstić information content (AvgIpc) is 2.70. The quantitative estimate of drug-likeness (QED) is 0.601. The molecule has 2 N–H and O–H groups in total. The lowest BCUT2D eigenvalue weighted by Gasteiger charge is -2.22. The molecule has 4 nitrogen and oxygen atoms in total. The van der Waals surface area contributed by atoms with Gasteiger partial charge in [-0.25, -0.2) is 4.39 Å². The molecule has 0 radical (unpaired) electrons. The molecule has 0 amide bonds. The van der Waals surface area contributed by atoms with Crippen LogP contribution in [0, 0.1) is 5.82 Å². The normalized spacial score (nSPS) is 34.6. The van der Waals surface area contributed by atoms with E-state index in [0.717, 1.165) is 0 Å². The van der Waals surface area contributed by atoms with Crippen molar-refractivity contribution in [3.63, 3.8) is 0 Å². The predicted molar refractivity (Wildman–Crippen MR) is 72.6 cm³/mol. The van der Waals surface area contributed by atoms with E-state index in [0.29, 0.717) is 10.8 Å². The highest BCUT2D eigenvalue weighted by Crippen LogP contribution is 2.32. The summed E-state index contributed by atoms with van der Waals surface area (Å²) in [4.78, 5) is 1.62. The van der Waals surface area contributed by atoms with E-state index < -0.39 is 10.2 Å². The first kappa shape index (κ1) is 12.0. The average molecular weight is 287 g/mol. The summed E-state index contributed by atoms with van der Waals surface area (Å²) in [5, 5.41) is 3.42. The molecule has 0 spiro atoms. The molecule has 1 aromatic rings. The summed E-state index contributed by atoms with van der Waals surface area (Å²) in [7, 11) is -2.82. The van der Waals surface area contributed by atoms with E-state index in [1.807, 2.05) is 0 Å². The number of hydrogen-bond donors (Lipinski definition) is 2. The van der Waals surface area contributed by atoms with Crippen molar-refractivity contribution >= 4 is 33.2 Å². The van der Waals surface area contributed by atoms with Crippen molar-refractivity contribution in [2.75, 3.05) is 16.4 Å². The van der Waals surface area contributed by atoms with Crippen LogP contribution < -0.4 is 10.2 Å². The van der Waals surface area contributed by atoms with Crippen molar-refractivity contribution in [3.05, 3.63) is 30.1 Å². The summed E-state index contributed by atoms with van der Waals surface area (Å²) in [6.07, 6.45) is 0. The van der Waals surface area contributed by atoms with Crippen LogP contribution in [0.15, 0.2) is 24.3 Å². The molecule has 18 heavy (non-hydrogen) atoms. The fourth-order valence-corrected chi connectivity index (χ4v) is 4.85. The van der Waals surface area contributed by atoms with Crippen LogP contribution >= 0.6 is 12.2 Å². The fraction of sp³-hybridized carbons (Fsp3) is 0.364. The lowest BCUT2D eigenvalue weighted by atomic mass is 10.1. The molecule has 96 valence electrons. The topological polar surface area (TPSA) is 52.6 Å². The van der Waals surface area contributed by atoms with Gasteiger partial charge in [-0.3, -0.25) is 0 Å². The van der Waals surface area contributed by atoms with Crippen LogP contribution in [-0.4, -0.2) is 33.3 Å². The minimum absolute atomic E-state index is 0.124. The third kappa shape index (κ3) is 1.82. The standard InChI is InChI=1S/C11H11FN2O2S2/c12-7-3-1-2-4-9(7)14-10-6-18(15,16)5-8(10)13-11(14)17/h1-4,8,10H,5-6H2,(H-,13,15,16,17)/p+1/t8-,10+/m0/s1. The Labute approximate surface area is 110 Å². The smallest absolute Gasteiger partial charge is 0.218 e.